The lowest BCUT2D eigenvalue weighted by molar-refractivity contribution is 0.138. The standard InChI is InChI=1S/C19H28N4O/c1-21-18(22-14-17-7-5-16(13-20)6-8-17)23-15-19(11-12-24-2)9-3-4-10-19/h5-8H,3-4,9-12,14-15H2,1-2H3,(H2,21,22,23). The molecule has 0 aromatic heterocycles. The van der Waals surface area contributed by atoms with Crippen LogP contribution in [0, 0.1) is 16.7 Å². The molecule has 2 N–H and O–H groups in total. The van der Waals surface area contributed by atoms with Crippen molar-refractivity contribution in [1.29, 1.82) is 5.26 Å². The Bertz CT molecular complexity index is 568. The topological polar surface area (TPSA) is 69.4 Å². The van der Waals surface area contributed by atoms with E-state index in [0.29, 0.717) is 17.5 Å². The highest BCUT2D eigenvalue weighted by atomic mass is 16.5. The van der Waals surface area contributed by atoms with Crippen LogP contribution in [-0.2, 0) is 11.3 Å². The average molecular weight is 328 g/mol. The zero-order chi connectivity index (χ0) is 17.3. The minimum Gasteiger partial charge on any atom is -0.385 e. The van der Waals surface area contributed by atoms with Gasteiger partial charge < -0.3 is 15.4 Å². The molecule has 1 aromatic rings. The summed E-state index contributed by atoms with van der Waals surface area (Å²) in [6.45, 7) is 2.44. The van der Waals surface area contributed by atoms with Crippen molar-refractivity contribution in [3.63, 3.8) is 0 Å². The van der Waals surface area contributed by atoms with Gasteiger partial charge >= 0.3 is 0 Å². The minimum atomic E-state index is 0.335. The average Bonchev–Trinajstić information content (AvgIpc) is 3.10. The third kappa shape index (κ3) is 5.24. The van der Waals surface area contributed by atoms with E-state index in [4.69, 9.17) is 10.00 Å². The van der Waals surface area contributed by atoms with Crippen molar-refractivity contribution in [3.8, 4) is 6.07 Å². The summed E-state index contributed by atoms with van der Waals surface area (Å²) in [6, 6.07) is 9.75. The highest BCUT2D eigenvalue weighted by Crippen LogP contribution is 2.40. The Morgan fingerprint density at radius 2 is 1.96 bits per heavy atom. The molecule has 0 unspecified atom stereocenters. The van der Waals surface area contributed by atoms with Crippen LogP contribution in [-0.4, -0.2) is 33.3 Å². The maximum Gasteiger partial charge on any atom is 0.191 e. The molecule has 1 fully saturated rings. The number of ether oxygens (including phenoxy) is 1. The van der Waals surface area contributed by atoms with Crippen LogP contribution in [0.3, 0.4) is 0 Å². The van der Waals surface area contributed by atoms with E-state index in [-0.39, 0.29) is 0 Å². The van der Waals surface area contributed by atoms with E-state index in [2.05, 4.69) is 21.7 Å². The van der Waals surface area contributed by atoms with Gasteiger partial charge in [0.05, 0.1) is 11.6 Å². The van der Waals surface area contributed by atoms with Gasteiger partial charge in [-0.2, -0.15) is 5.26 Å². The largest absolute Gasteiger partial charge is 0.385 e. The molecule has 1 aliphatic rings. The number of methoxy groups -OCH3 is 1. The van der Waals surface area contributed by atoms with Crippen LogP contribution in [0.1, 0.15) is 43.2 Å². The first-order chi connectivity index (χ1) is 11.7. The lowest BCUT2D eigenvalue weighted by atomic mass is 9.83. The monoisotopic (exact) mass is 328 g/mol. The second-order valence-electron chi connectivity index (χ2n) is 6.54. The SMILES string of the molecule is CN=C(NCc1ccc(C#N)cc1)NCC1(CCOC)CCCC1. The first kappa shape index (κ1) is 18.3. The molecule has 1 aliphatic carbocycles. The zero-order valence-corrected chi connectivity index (χ0v) is 14.8. The lowest BCUT2D eigenvalue weighted by Gasteiger charge is -2.30. The predicted molar refractivity (Wildman–Crippen MR) is 96.8 cm³/mol. The molecule has 0 heterocycles. The lowest BCUT2D eigenvalue weighted by Crippen LogP contribution is -2.43. The molecule has 0 atom stereocenters. The van der Waals surface area contributed by atoms with E-state index in [1.165, 1.54) is 25.7 Å². The molecular weight excluding hydrogens is 300 g/mol. The van der Waals surface area contributed by atoms with Crippen molar-refractivity contribution < 1.29 is 4.74 Å². The Morgan fingerprint density at radius 3 is 2.54 bits per heavy atom. The number of rotatable bonds is 7. The number of hydrogen-bond acceptors (Lipinski definition) is 3. The van der Waals surface area contributed by atoms with Crippen molar-refractivity contribution in [2.45, 2.75) is 38.6 Å². The molecule has 1 saturated carbocycles. The third-order valence-electron chi connectivity index (χ3n) is 4.90. The van der Waals surface area contributed by atoms with Gasteiger partial charge in [-0.1, -0.05) is 25.0 Å². The molecule has 1 aromatic carbocycles. The number of nitriles is 1. The number of nitrogens with one attached hydrogen (secondary N) is 2. The Kier molecular flexibility index (Phi) is 7.07. The van der Waals surface area contributed by atoms with Gasteiger partial charge in [0.1, 0.15) is 0 Å². The van der Waals surface area contributed by atoms with Gasteiger partial charge in [-0.05, 0) is 42.4 Å². The first-order valence-electron chi connectivity index (χ1n) is 8.64. The van der Waals surface area contributed by atoms with E-state index in [1.807, 2.05) is 24.3 Å². The fourth-order valence-electron chi connectivity index (χ4n) is 3.33. The van der Waals surface area contributed by atoms with Gasteiger partial charge in [0.25, 0.3) is 0 Å². The molecule has 0 saturated heterocycles. The highest BCUT2D eigenvalue weighted by Gasteiger charge is 2.33. The Hall–Kier alpha value is -2.06. The number of benzene rings is 1. The maximum atomic E-state index is 8.84. The van der Waals surface area contributed by atoms with Crippen molar-refractivity contribution in [2.75, 3.05) is 27.3 Å². The van der Waals surface area contributed by atoms with Crippen LogP contribution in [0.25, 0.3) is 0 Å². The summed E-state index contributed by atoms with van der Waals surface area (Å²) in [4.78, 5) is 4.32. The molecule has 0 spiro atoms. The summed E-state index contributed by atoms with van der Waals surface area (Å²) in [5.74, 6) is 0.822. The zero-order valence-electron chi connectivity index (χ0n) is 14.8. The Balaban J connectivity index is 1.84. The summed E-state index contributed by atoms with van der Waals surface area (Å²) in [6.07, 6.45) is 6.24. The molecule has 5 nitrogen and oxygen atoms in total. The molecule has 0 amide bonds. The summed E-state index contributed by atoms with van der Waals surface area (Å²) in [5, 5.41) is 15.7. The molecule has 2 rings (SSSR count). The summed E-state index contributed by atoms with van der Waals surface area (Å²) in [7, 11) is 3.57. The van der Waals surface area contributed by atoms with E-state index >= 15 is 0 Å². The van der Waals surface area contributed by atoms with Crippen LogP contribution in [0.2, 0.25) is 0 Å². The van der Waals surface area contributed by atoms with E-state index < -0.39 is 0 Å². The highest BCUT2D eigenvalue weighted by molar-refractivity contribution is 5.79. The third-order valence-corrected chi connectivity index (χ3v) is 4.90. The van der Waals surface area contributed by atoms with Gasteiger partial charge in [-0.25, -0.2) is 0 Å². The van der Waals surface area contributed by atoms with Gasteiger partial charge in [0.15, 0.2) is 5.96 Å². The fourth-order valence-corrected chi connectivity index (χ4v) is 3.33. The number of hydrogen-bond donors (Lipinski definition) is 2. The van der Waals surface area contributed by atoms with Crippen LogP contribution in [0.5, 0.6) is 0 Å². The molecule has 0 aliphatic heterocycles. The second kappa shape index (κ2) is 9.29. The van der Waals surface area contributed by atoms with Crippen molar-refractivity contribution in [1.82, 2.24) is 10.6 Å². The number of aliphatic imine (C=N–C) groups is 1. The van der Waals surface area contributed by atoms with E-state index in [1.54, 1.807) is 14.2 Å². The van der Waals surface area contributed by atoms with Crippen LogP contribution < -0.4 is 10.6 Å². The smallest absolute Gasteiger partial charge is 0.191 e. The van der Waals surface area contributed by atoms with Gasteiger partial charge in [0.2, 0.25) is 0 Å². The maximum absolute atomic E-state index is 8.84. The molecular formula is C19H28N4O. The second-order valence-corrected chi connectivity index (χ2v) is 6.54. The van der Waals surface area contributed by atoms with Crippen LogP contribution in [0.4, 0.5) is 0 Å². The number of guanidine groups is 1. The molecule has 24 heavy (non-hydrogen) atoms. The Labute approximate surface area is 145 Å². The van der Waals surface area contributed by atoms with Gasteiger partial charge in [-0.3, -0.25) is 4.99 Å². The molecule has 0 radical (unpaired) electrons. The minimum absolute atomic E-state index is 0.335. The summed E-state index contributed by atoms with van der Waals surface area (Å²) >= 11 is 0. The van der Waals surface area contributed by atoms with E-state index in [0.717, 1.165) is 31.1 Å². The molecule has 5 heteroatoms. The van der Waals surface area contributed by atoms with Crippen molar-refractivity contribution >= 4 is 5.96 Å². The van der Waals surface area contributed by atoms with Crippen molar-refractivity contribution in [3.05, 3.63) is 35.4 Å². The van der Waals surface area contributed by atoms with Crippen molar-refractivity contribution in [2.24, 2.45) is 10.4 Å². The predicted octanol–water partition coefficient (Wildman–Crippen LogP) is 2.82. The van der Waals surface area contributed by atoms with E-state index in [9.17, 15) is 0 Å². The first-order valence-corrected chi connectivity index (χ1v) is 8.64. The fraction of sp³-hybridized carbons (Fsp3) is 0.579. The van der Waals surface area contributed by atoms with Crippen LogP contribution >= 0.6 is 0 Å². The summed E-state index contributed by atoms with van der Waals surface area (Å²) < 4.78 is 5.29. The normalized spacial score (nSPS) is 16.6. The van der Waals surface area contributed by atoms with Gasteiger partial charge in [-0.15, -0.1) is 0 Å². The quantitative estimate of drug-likeness (QED) is 0.596. The van der Waals surface area contributed by atoms with Crippen LogP contribution in [0.15, 0.2) is 29.3 Å². The molecule has 130 valence electrons. The Morgan fingerprint density at radius 1 is 1.25 bits per heavy atom. The molecule has 0 bridgehead atoms. The summed E-state index contributed by atoms with van der Waals surface area (Å²) in [5.41, 5.74) is 2.15. The number of nitrogens with zero attached hydrogens (tertiary/aromatic N) is 2. The van der Waals surface area contributed by atoms with Gasteiger partial charge in [0, 0.05) is 33.9 Å².